The average Bonchev–Trinajstić information content (AvgIpc) is 2.78. The summed E-state index contributed by atoms with van der Waals surface area (Å²) in [5.41, 5.74) is 1.63. The summed E-state index contributed by atoms with van der Waals surface area (Å²) in [5.74, 6) is 2.18. The molecular weight excluding hydrogens is 370 g/mol. The van der Waals surface area contributed by atoms with Gasteiger partial charge in [0, 0.05) is 38.3 Å². The topological polar surface area (TPSA) is 75.0 Å². The molecule has 1 heterocycles. The first-order valence-electron chi connectivity index (χ1n) is 9.47. The second-order valence-electron chi connectivity index (χ2n) is 6.76. The summed E-state index contributed by atoms with van der Waals surface area (Å²) in [7, 11) is 3.31. The summed E-state index contributed by atoms with van der Waals surface area (Å²) < 4.78 is 16.3. The highest BCUT2D eigenvalue weighted by molar-refractivity contribution is 5.77. The van der Waals surface area contributed by atoms with Crippen molar-refractivity contribution in [2.75, 3.05) is 47.0 Å². The third-order valence-electron chi connectivity index (χ3n) is 4.95. The number of hydrogen-bond acceptors (Lipinski definition) is 6. The summed E-state index contributed by atoms with van der Waals surface area (Å²) in [4.78, 5) is 16.6. The number of piperazine rings is 1. The van der Waals surface area contributed by atoms with Crippen molar-refractivity contribution in [3.05, 3.63) is 53.6 Å². The Bertz CT molecular complexity index is 869. The maximum atomic E-state index is 12.4. The molecule has 0 radical (unpaired) electrons. The Morgan fingerprint density at radius 3 is 2.31 bits per heavy atom. The molecule has 0 aliphatic carbocycles. The molecule has 1 aliphatic rings. The van der Waals surface area contributed by atoms with E-state index in [-0.39, 0.29) is 12.5 Å². The largest absolute Gasteiger partial charge is 0.497 e. The van der Waals surface area contributed by atoms with E-state index in [0.29, 0.717) is 24.4 Å². The standard InChI is InChI=1S/C22H25N3O4/c1-27-20-7-8-21(28-2)18(13-20)15-24-9-11-25(12-10-24)22(26)16-29-19-5-3-17(14-23)4-6-19/h3-8,13H,9-12,15-16H2,1-2H3. The lowest BCUT2D eigenvalue weighted by Crippen LogP contribution is -2.49. The van der Waals surface area contributed by atoms with Gasteiger partial charge >= 0.3 is 0 Å². The molecule has 152 valence electrons. The zero-order valence-corrected chi connectivity index (χ0v) is 16.8. The molecule has 0 atom stereocenters. The minimum absolute atomic E-state index is 0.00436. The first kappa shape index (κ1) is 20.5. The van der Waals surface area contributed by atoms with Gasteiger partial charge in [-0.05, 0) is 42.5 Å². The van der Waals surface area contributed by atoms with Gasteiger partial charge in [-0.3, -0.25) is 9.69 Å². The van der Waals surface area contributed by atoms with E-state index < -0.39 is 0 Å². The fraction of sp³-hybridized carbons (Fsp3) is 0.364. The van der Waals surface area contributed by atoms with Crippen LogP contribution < -0.4 is 14.2 Å². The maximum Gasteiger partial charge on any atom is 0.260 e. The number of carbonyl (C=O) groups excluding carboxylic acids is 1. The van der Waals surface area contributed by atoms with Gasteiger partial charge in [-0.15, -0.1) is 0 Å². The molecule has 0 spiro atoms. The number of nitriles is 1. The monoisotopic (exact) mass is 395 g/mol. The van der Waals surface area contributed by atoms with E-state index in [4.69, 9.17) is 19.5 Å². The molecule has 29 heavy (non-hydrogen) atoms. The van der Waals surface area contributed by atoms with Crippen LogP contribution in [0.4, 0.5) is 0 Å². The lowest BCUT2D eigenvalue weighted by atomic mass is 10.1. The second-order valence-corrected chi connectivity index (χ2v) is 6.76. The van der Waals surface area contributed by atoms with Crippen molar-refractivity contribution in [3.8, 4) is 23.3 Å². The third-order valence-corrected chi connectivity index (χ3v) is 4.95. The van der Waals surface area contributed by atoms with Crippen molar-refractivity contribution >= 4 is 5.91 Å². The summed E-state index contributed by atoms with van der Waals surface area (Å²) in [6.07, 6.45) is 0. The van der Waals surface area contributed by atoms with E-state index in [9.17, 15) is 4.79 Å². The number of methoxy groups -OCH3 is 2. The van der Waals surface area contributed by atoms with Gasteiger partial charge in [0.1, 0.15) is 17.2 Å². The zero-order valence-electron chi connectivity index (χ0n) is 16.8. The Labute approximate surface area is 171 Å². The predicted molar refractivity (Wildman–Crippen MR) is 108 cm³/mol. The highest BCUT2D eigenvalue weighted by Crippen LogP contribution is 2.25. The number of carbonyl (C=O) groups is 1. The molecular formula is C22H25N3O4. The lowest BCUT2D eigenvalue weighted by molar-refractivity contribution is -0.135. The fourth-order valence-electron chi connectivity index (χ4n) is 3.26. The van der Waals surface area contributed by atoms with Gasteiger partial charge in [-0.1, -0.05) is 0 Å². The van der Waals surface area contributed by atoms with E-state index in [0.717, 1.165) is 36.7 Å². The first-order valence-corrected chi connectivity index (χ1v) is 9.47. The zero-order chi connectivity index (χ0) is 20.6. The molecule has 1 saturated heterocycles. The molecule has 2 aromatic rings. The lowest BCUT2D eigenvalue weighted by Gasteiger charge is -2.35. The van der Waals surface area contributed by atoms with E-state index >= 15 is 0 Å². The van der Waals surface area contributed by atoms with Gasteiger partial charge < -0.3 is 19.1 Å². The van der Waals surface area contributed by atoms with Gasteiger partial charge in [-0.2, -0.15) is 5.26 Å². The van der Waals surface area contributed by atoms with Crippen molar-refractivity contribution < 1.29 is 19.0 Å². The molecule has 0 unspecified atom stereocenters. The Morgan fingerprint density at radius 1 is 1.00 bits per heavy atom. The number of rotatable bonds is 7. The SMILES string of the molecule is COc1ccc(OC)c(CN2CCN(C(=O)COc3ccc(C#N)cc3)CC2)c1. The van der Waals surface area contributed by atoms with Crippen LogP contribution in [0.25, 0.3) is 0 Å². The molecule has 0 bridgehead atoms. The number of hydrogen-bond donors (Lipinski definition) is 0. The quantitative estimate of drug-likeness (QED) is 0.716. The van der Waals surface area contributed by atoms with Crippen molar-refractivity contribution in [3.63, 3.8) is 0 Å². The highest BCUT2D eigenvalue weighted by Gasteiger charge is 2.22. The summed E-state index contributed by atoms with van der Waals surface area (Å²) >= 11 is 0. The second kappa shape index (κ2) is 9.80. The minimum atomic E-state index is -0.0343. The Balaban J connectivity index is 1.48. The first-order chi connectivity index (χ1) is 14.1. The molecule has 0 aromatic heterocycles. The van der Waals surface area contributed by atoms with Crippen LogP contribution in [0.1, 0.15) is 11.1 Å². The van der Waals surface area contributed by atoms with Gasteiger partial charge in [0.05, 0.1) is 25.9 Å². The fourth-order valence-corrected chi connectivity index (χ4v) is 3.26. The van der Waals surface area contributed by atoms with E-state index in [1.165, 1.54) is 0 Å². The van der Waals surface area contributed by atoms with Crippen LogP contribution in [0.2, 0.25) is 0 Å². The summed E-state index contributed by atoms with van der Waals surface area (Å²) in [5, 5.41) is 8.82. The van der Waals surface area contributed by atoms with Gasteiger partial charge in [-0.25, -0.2) is 0 Å². The van der Waals surface area contributed by atoms with Crippen LogP contribution in [-0.4, -0.2) is 62.7 Å². The van der Waals surface area contributed by atoms with Gasteiger partial charge in [0.25, 0.3) is 5.91 Å². The molecule has 0 saturated carbocycles. The predicted octanol–water partition coefficient (Wildman–Crippen LogP) is 2.30. The Hall–Kier alpha value is -3.24. The van der Waals surface area contributed by atoms with Crippen molar-refractivity contribution in [1.29, 1.82) is 5.26 Å². The molecule has 3 rings (SSSR count). The molecule has 7 nitrogen and oxygen atoms in total. The maximum absolute atomic E-state index is 12.4. The number of nitrogens with zero attached hydrogens (tertiary/aromatic N) is 3. The minimum Gasteiger partial charge on any atom is -0.497 e. The summed E-state index contributed by atoms with van der Waals surface area (Å²) in [6.45, 7) is 3.61. The number of amides is 1. The highest BCUT2D eigenvalue weighted by atomic mass is 16.5. The number of benzene rings is 2. The molecule has 1 aliphatic heterocycles. The summed E-state index contributed by atoms with van der Waals surface area (Å²) in [6, 6.07) is 14.6. The van der Waals surface area contributed by atoms with Crippen molar-refractivity contribution in [1.82, 2.24) is 9.80 Å². The average molecular weight is 395 g/mol. The Morgan fingerprint density at radius 2 is 1.69 bits per heavy atom. The molecule has 1 fully saturated rings. The van der Waals surface area contributed by atoms with Crippen molar-refractivity contribution in [2.45, 2.75) is 6.54 Å². The van der Waals surface area contributed by atoms with E-state index in [1.54, 1.807) is 38.5 Å². The third kappa shape index (κ3) is 5.39. The van der Waals surface area contributed by atoms with E-state index in [2.05, 4.69) is 11.0 Å². The van der Waals surface area contributed by atoms with Crippen LogP contribution in [0.15, 0.2) is 42.5 Å². The normalized spacial score (nSPS) is 14.2. The van der Waals surface area contributed by atoms with Gasteiger partial charge in [0.15, 0.2) is 6.61 Å². The van der Waals surface area contributed by atoms with Crippen LogP contribution in [0.3, 0.4) is 0 Å². The molecule has 1 amide bonds. The van der Waals surface area contributed by atoms with Crippen molar-refractivity contribution in [2.24, 2.45) is 0 Å². The van der Waals surface area contributed by atoms with Crippen LogP contribution >= 0.6 is 0 Å². The van der Waals surface area contributed by atoms with E-state index in [1.807, 2.05) is 23.1 Å². The van der Waals surface area contributed by atoms with Crippen LogP contribution in [0, 0.1) is 11.3 Å². The number of ether oxygens (including phenoxy) is 3. The van der Waals surface area contributed by atoms with Gasteiger partial charge in [0.2, 0.25) is 0 Å². The Kier molecular flexibility index (Phi) is 6.93. The smallest absolute Gasteiger partial charge is 0.260 e. The molecule has 7 heteroatoms. The van der Waals surface area contributed by atoms with Crippen LogP contribution in [-0.2, 0) is 11.3 Å². The van der Waals surface area contributed by atoms with Crippen LogP contribution in [0.5, 0.6) is 17.2 Å². The molecule has 0 N–H and O–H groups in total. The molecule has 2 aromatic carbocycles.